The maximum absolute atomic E-state index is 4.88. The fourth-order valence-corrected chi connectivity index (χ4v) is 4.00. The second-order valence-corrected chi connectivity index (χ2v) is 6.86. The minimum Gasteiger partial charge on any atom is -0.323 e. The van der Waals surface area contributed by atoms with Crippen LogP contribution in [0.3, 0.4) is 0 Å². The van der Waals surface area contributed by atoms with Crippen LogP contribution in [0.2, 0.25) is 0 Å². The van der Waals surface area contributed by atoms with E-state index in [9.17, 15) is 0 Å². The molecule has 2 heteroatoms. The lowest BCUT2D eigenvalue weighted by Gasteiger charge is -2.33. The van der Waals surface area contributed by atoms with Gasteiger partial charge < -0.3 is 4.90 Å². The molecule has 0 spiro atoms. The fourth-order valence-electron chi connectivity index (χ4n) is 4.00. The van der Waals surface area contributed by atoms with Gasteiger partial charge in [-0.05, 0) is 54.8 Å². The molecule has 0 saturated heterocycles. The van der Waals surface area contributed by atoms with Crippen molar-refractivity contribution in [2.24, 2.45) is 4.99 Å². The van der Waals surface area contributed by atoms with Gasteiger partial charge in [0.25, 0.3) is 0 Å². The smallest absolute Gasteiger partial charge is 0.137 e. The third-order valence-corrected chi connectivity index (χ3v) is 5.03. The number of aryl methyl sites for hydroxylation is 1. The Morgan fingerprint density at radius 1 is 1.12 bits per heavy atom. The van der Waals surface area contributed by atoms with Gasteiger partial charge in [-0.15, -0.1) is 0 Å². The number of nitrogens with zero attached hydrogens (tertiary/aromatic N) is 2. The van der Waals surface area contributed by atoms with Crippen molar-refractivity contribution in [3.63, 3.8) is 0 Å². The monoisotopic (exact) mass is 322 g/mol. The molecule has 0 N–H and O–H groups in total. The molecular formula is C23H18N2. The number of fused-ring (bicyclic) bond motifs is 6. The topological polar surface area (TPSA) is 15.6 Å². The highest BCUT2D eigenvalue weighted by atomic mass is 15.3. The molecule has 0 bridgehead atoms. The molecule has 2 aliphatic heterocycles. The van der Waals surface area contributed by atoms with Crippen LogP contribution < -0.4 is 4.90 Å². The highest BCUT2D eigenvalue weighted by Crippen LogP contribution is 2.44. The zero-order valence-electron chi connectivity index (χ0n) is 14.4. The number of anilines is 1. The van der Waals surface area contributed by atoms with E-state index in [1.807, 2.05) is 6.08 Å². The van der Waals surface area contributed by atoms with Crippen LogP contribution in [0.4, 0.5) is 5.69 Å². The third kappa shape index (κ3) is 2.09. The summed E-state index contributed by atoms with van der Waals surface area (Å²) in [5, 5.41) is 0. The Bertz CT molecular complexity index is 1060. The van der Waals surface area contributed by atoms with Gasteiger partial charge in [0.05, 0.1) is 11.7 Å². The minimum absolute atomic E-state index is 0.311. The summed E-state index contributed by atoms with van der Waals surface area (Å²) in [6, 6.07) is 15.4. The Morgan fingerprint density at radius 3 is 2.80 bits per heavy atom. The lowest BCUT2D eigenvalue weighted by molar-refractivity contribution is 0.794. The Labute approximate surface area is 147 Å². The molecule has 1 unspecified atom stereocenters. The van der Waals surface area contributed by atoms with Gasteiger partial charge in [-0.25, -0.2) is 0 Å². The first-order valence-electron chi connectivity index (χ1n) is 8.71. The van der Waals surface area contributed by atoms with Crippen molar-refractivity contribution in [2.75, 3.05) is 11.4 Å². The van der Waals surface area contributed by atoms with Crippen LogP contribution >= 0.6 is 0 Å². The Kier molecular flexibility index (Phi) is 2.99. The predicted octanol–water partition coefficient (Wildman–Crippen LogP) is 4.92. The number of aliphatic imine (C=N–C) groups is 1. The number of hydrogen-bond acceptors (Lipinski definition) is 2. The van der Waals surface area contributed by atoms with E-state index in [0.717, 1.165) is 18.0 Å². The summed E-state index contributed by atoms with van der Waals surface area (Å²) in [4.78, 5) is 7.26. The van der Waals surface area contributed by atoms with E-state index in [-0.39, 0.29) is 0 Å². The van der Waals surface area contributed by atoms with Crippen LogP contribution in [0.25, 0.3) is 16.7 Å². The summed E-state index contributed by atoms with van der Waals surface area (Å²) >= 11 is 0. The van der Waals surface area contributed by atoms with E-state index < -0.39 is 0 Å². The second kappa shape index (κ2) is 5.22. The Morgan fingerprint density at radius 2 is 1.96 bits per heavy atom. The summed E-state index contributed by atoms with van der Waals surface area (Å²) in [5.41, 5.74) is 15.0. The zero-order valence-corrected chi connectivity index (χ0v) is 14.4. The molecule has 0 radical (unpaired) electrons. The Hall–Kier alpha value is -3.05. The highest BCUT2D eigenvalue weighted by molar-refractivity contribution is 6.25. The van der Waals surface area contributed by atoms with Gasteiger partial charge in [-0.1, -0.05) is 41.8 Å². The summed E-state index contributed by atoms with van der Waals surface area (Å²) in [7, 11) is 0. The third-order valence-electron chi connectivity index (χ3n) is 5.03. The lowest BCUT2D eigenvalue weighted by atomic mass is 9.86. The molecule has 0 saturated carbocycles. The zero-order chi connectivity index (χ0) is 17.0. The van der Waals surface area contributed by atoms with Crippen molar-refractivity contribution < 1.29 is 0 Å². The normalized spacial score (nSPS) is 19.7. The van der Waals surface area contributed by atoms with E-state index in [0.29, 0.717) is 6.04 Å². The quantitative estimate of drug-likeness (QED) is 0.681. The predicted molar refractivity (Wildman–Crippen MR) is 104 cm³/mol. The average Bonchev–Trinajstić information content (AvgIpc) is 3.03. The molecule has 25 heavy (non-hydrogen) atoms. The molecular weight excluding hydrogens is 304 g/mol. The molecule has 2 aromatic rings. The maximum Gasteiger partial charge on any atom is 0.137 e. The number of amidine groups is 1. The first kappa shape index (κ1) is 14.3. The molecule has 0 amide bonds. The number of allylic oxidation sites excluding steroid dienone is 2. The van der Waals surface area contributed by atoms with Crippen molar-refractivity contribution in [2.45, 2.75) is 19.9 Å². The van der Waals surface area contributed by atoms with Gasteiger partial charge >= 0.3 is 0 Å². The molecule has 0 aromatic heterocycles. The standard InChI is InChI=1S/C23H18N2/c1-15-12-18(17-8-4-3-5-9-17)13-21-19-10-6-7-11-20(19)23-24-16(2)14-25(23)22(15)21/h3-5,7-9,11-13,16H,14H2,1-2H3. The fraction of sp³-hybridized carbons (Fsp3) is 0.174. The Balaban J connectivity index is 1.80. The van der Waals surface area contributed by atoms with Gasteiger partial charge in [-0.3, -0.25) is 4.99 Å². The molecule has 2 aromatic carbocycles. The summed E-state index contributed by atoms with van der Waals surface area (Å²) in [5.74, 6) is 1.08. The molecule has 3 aliphatic rings. The van der Waals surface area contributed by atoms with Gasteiger partial charge in [0.1, 0.15) is 5.84 Å². The second-order valence-electron chi connectivity index (χ2n) is 6.86. The van der Waals surface area contributed by atoms with E-state index >= 15 is 0 Å². The summed E-state index contributed by atoms with van der Waals surface area (Å²) in [6.45, 7) is 5.31. The van der Waals surface area contributed by atoms with Crippen LogP contribution in [0.15, 0.2) is 76.6 Å². The van der Waals surface area contributed by atoms with Crippen LogP contribution in [0.5, 0.6) is 0 Å². The van der Waals surface area contributed by atoms with Gasteiger partial charge in [-0.2, -0.15) is 0 Å². The van der Waals surface area contributed by atoms with Crippen molar-refractivity contribution in [1.82, 2.24) is 0 Å². The van der Waals surface area contributed by atoms with Crippen molar-refractivity contribution >= 4 is 17.1 Å². The summed E-state index contributed by atoms with van der Waals surface area (Å²) < 4.78 is 0. The maximum atomic E-state index is 4.88. The number of benzene rings is 2. The first-order valence-corrected chi connectivity index (χ1v) is 8.71. The number of rotatable bonds is 1. The molecule has 120 valence electrons. The first-order chi connectivity index (χ1) is 12.2. The molecule has 2 heterocycles. The number of hydrogen-bond donors (Lipinski definition) is 0. The van der Waals surface area contributed by atoms with E-state index in [4.69, 9.17) is 4.99 Å². The van der Waals surface area contributed by atoms with E-state index in [1.165, 1.54) is 33.5 Å². The van der Waals surface area contributed by atoms with Crippen LogP contribution in [-0.2, 0) is 0 Å². The van der Waals surface area contributed by atoms with Crippen molar-refractivity contribution in [1.29, 1.82) is 0 Å². The molecule has 1 atom stereocenters. The molecule has 0 fully saturated rings. The largest absolute Gasteiger partial charge is 0.323 e. The summed E-state index contributed by atoms with van der Waals surface area (Å²) in [6.07, 6.45) is 4.05. The molecule has 2 nitrogen and oxygen atoms in total. The van der Waals surface area contributed by atoms with E-state index in [2.05, 4.69) is 78.8 Å². The van der Waals surface area contributed by atoms with Gasteiger partial charge in [0.2, 0.25) is 0 Å². The molecule has 1 aliphatic carbocycles. The van der Waals surface area contributed by atoms with Crippen molar-refractivity contribution in [3.8, 4) is 11.1 Å². The van der Waals surface area contributed by atoms with Crippen LogP contribution in [-0.4, -0.2) is 18.4 Å². The minimum atomic E-state index is 0.311. The average molecular weight is 322 g/mol. The van der Waals surface area contributed by atoms with Crippen LogP contribution in [0.1, 0.15) is 18.1 Å². The van der Waals surface area contributed by atoms with Crippen molar-refractivity contribution in [3.05, 3.63) is 82.8 Å². The SMILES string of the molecule is Cc1cc(-c2ccccc2)cc2c1N1CC(C)N=C1C1=CC=C=C=C12. The van der Waals surface area contributed by atoms with Gasteiger partial charge in [0, 0.05) is 23.3 Å². The molecule has 5 rings (SSSR count). The van der Waals surface area contributed by atoms with Crippen LogP contribution in [0, 0.1) is 6.92 Å². The van der Waals surface area contributed by atoms with E-state index in [1.54, 1.807) is 0 Å². The van der Waals surface area contributed by atoms with Gasteiger partial charge in [0.15, 0.2) is 0 Å². The lowest BCUT2D eigenvalue weighted by Crippen LogP contribution is -2.35. The highest BCUT2D eigenvalue weighted by Gasteiger charge is 2.36.